The van der Waals surface area contributed by atoms with Gasteiger partial charge >= 0.3 is 0 Å². The van der Waals surface area contributed by atoms with E-state index in [1.807, 2.05) is 12.1 Å². The second kappa shape index (κ2) is 7.43. The van der Waals surface area contributed by atoms with Crippen molar-refractivity contribution in [3.63, 3.8) is 0 Å². The summed E-state index contributed by atoms with van der Waals surface area (Å²) in [6.07, 6.45) is 4.82. The van der Waals surface area contributed by atoms with Gasteiger partial charge in [-0.1, -0.05) is 0 Å². The number of halogens is 1. The lowest BCUT2D eigenvalue weighted by atomic mass is 10.4. The van der Waals surface area contributed by atoms with Gasteiger partial charge in [0.2, 0.25) is 5.82 Å². The Balaban J connectivity index is 0.00000161. The van der Waals surface area contributed by atoms with Crippen LogP contribution in [-0.4, -0.2) is 40.8 Å². The van der Waals surface area contributed by atoms with Crippen LogP contribution in [0.15, 0.2) is 27.8 Å². The van der Waals surface area contributed by atoms with Crippen LogP contribution in [0.25, 0.3) is 11.6 Å². The van der Waals surface area contributed by atoms with E-state index in [4.69, 9.17) is 4.42 Å². The third-order valence-corrected chi connectivity index (χ3v) is 3.07. The third-order valence-electron chi connectivity index (χ3n) is 3.07. The molecule has 1 saturated carbocycles. The van der Waals surface area contributed by atoms with Crippen molar-refractivity contribution in [1.29, 1.82) is 0 Å². The number of aliphatic imine (C=N–C) groups is 1. The summed E-state index contributed by atoms with van der Waals surface area (Å²) < 4.78 is 5.25. The van der Waals surface area contributed by atoms with Crippen molar-refractivity contribution in [1.82, 2.24) is 25.8 Å². The van der Waals surface area contributed by atoms with Crippen LogP contribution < -0.4 is 10.6 Å². The molecule has 0 aliphatic heterocycles. The van der Waals surface area contributed by atoms with Crippen molar-refractivity contribution in [3.8, 4) is 11.6 Å². The Morgan fingerprint density at radius 3 is 3.05 bits per heavy atom. The highest BCUT2D eigenvalue weighted by molar-refractivity contribution is 14.0. The average Bonchev–Trinajstić information content (AvgIpc) is 2.96. The van der Waals surface area contributed by atoms with Gasteiger partial charge in [-0.2, -0.15) is 5.10 Å². The SMILES string of the molecule is CN=C(NCCc1nc(-c2ccco2)n[nH]1)NC1CC1.I. The summed E-state index contributed by atoms with van der Waals surface area (Å²) in [7, 11) is 1.78. The van der Waals surface area contributed by atoms with E-state index in [1.54, 1.807) is 13.3 Å². The Bertz CT molecular complexity index is 575. The van der Waals surface area contributed by atoms with E-state index in [-0.39, 0.29) is 24.0 Å². The lowest BCUT2D eigenvalue weighted by Gasteiger charge is -2.09. The summed E-state index contributed by atoms with van der Waals surface area (Å²) in [6, 6.07) is 4.25. The van der Waals surface area contributed by atoms with E-state index in [0.29, 0.717) is 17.6 Å². The molecule has 0 unspecified atom stereocenters. The Kier molecular flexibility index (Phi) is 5.59. The number of hydrogen-bond donors (Lipinski definition) is 3. The van der Waals surface area contributed by atoms with Crippen molar-refractivity contribution in [2.75, 3.05) is 13.6 Å². The summed E-state index contributed by atoms with van der Waals surface area (Å²) in [6.45, 7) is 0.749. The van der Waals surface area contributed by atoms with E-state index < -0.39 is 0 Å². The lowest BCUT2D eigenvalue weighted by Crippen LogP contribution is -2.39. The van der Waals surface area contributed by atoms with Gasteiger partial charge in [-0.3, -0.25) is 10.1 Å². The first-order valence-corrected chi connectivity index (χ1v) is 6.77. The molecule has 2 aromatic heterocycles. The molecule has 2 heterocycles. The van der Waals surface area contributed by atoms with Crippen LogP contribution in [0.2, 0.25) is 0 Å². The molecule has 0 amide bonds. The molecule has 0 atom stereocenters. The fraction of sp³-hybridized carbons (Fsp3) is 0.462. The van der Waals surface area contributed by atoms with Crippen molar-refractivity contribution >= 4 is 29.9 Å². The van der Waals surface area contributed by atoms with Crippen molar-refractivity contribution in [2.24, 2.45) is 4.99 Å². The Labute approximate surface area is 140 Å². The summed E-state index contributed by atoms with van der Waals surface area (Å²) in [5.41, 5.74) is 0. The van der Waals surface area contributed by atoms with Gasteiger partial charge in [0.1, 0.15) is 5.82 Å². The third kappa shape index (κ3) is 4.45. The van der Waals surface area contributed by atoms with Gasteiger partial charge in [0, 0.05) is 26.1 Å². The second-order valence-electron chi connectivity index (χ2n) is 4.75. The molecule has 7 nitrogen and oxygen atoms in total. The standard InChI is InChI=1S/C13H18N6O.HI/c1-14-13(16-9-4-5-9)15-7-6-11-17-12(19-18-11)10-3-2-8-20-10;/h2-3,8-9H,4-7H2,1H3,(H2,14,15,16)(H,17,18,19);1H. The fourth-order valence-electron chi connectivity index (χ4n) is 1.84. The number of guanidine groups is 1. The maximum absolute atomic E-state index is 5.25. The van der Waals surface area contributed by atoms with Gasteiger partial charge in [-0.05, 0) is 25.0 Å². The molecular formula is C13H19IN6O. The number of nitrogens with zero attached hydrogens (tertiary/aromatic N) is 3. The molecule has 21 heavy (non-hydrogen) atoms. The van der Waals surface area contributed by atoms with Crippen LogP contribution in [0.3, 0.4) is 0 Å². The zero-order chi connectivity index (χ0) is 13.8. The Hall–Kier alpha value is -1.58. The topological polar surface area (TPSA) is 91.1 Å². The Morgan fingerprint density at radius 1 is 1.52 bits per heavy atom. The molecule has 3 N–H and O–H groups in total. The number of aromatic nitrogens is 3. The lowest BCUT2D eigenvalue weighted by molar-refractivity contribution is 0.577. The Morgan fingerprint density at radius 2 is 2.38 bits per heavy atom. The van der Waals surface area contributed by atoms with E-state index in [1.165, 1.54) is 12.8 Å². The van der Waals surface area contributed by atoms with Gasteiger partial charge < -0.3 is 15.1 Å². The maximum atomic E-state index is 5.25. The van der Waals surface area contributed by atoms with E-state index >= 15 is 0 Å². The highest BCUT2D eigenvalue weighted by atomic mass is 127. The molecule has 0 saturated heterocycles. The molecule has 1 aliphatic carbocycles. The summed E-state index contributed by atoms with van der Waals surface area (Å²) in [4.78, 5) is 8.57. The number of furan rings is 1. The monoisotopic (exact) mass is 402 g/mol. The predicted molar refractivity (Wildman–Crippen MR) is 90.7 cm³/mol. The molecule has 1 aliphatic rings. The fourth-order valence-corrected chi connectivity index (χ4v) is 1.84. The molecule has 0 aromatic carbocycles. The van der Waals surface area contributed by atoms with Crippen molar-refractivity contribution < 1.29 is 4.42 Å². The zero-order valence-corrected chi connectivity index (χ0v) is 14.1. The minimum Gasteiger partial charge on any atom is -0.461 e. The van der Waals surface area contributed by atoms with Crippen LogP contribution in [0.5, 0.6) is 0 Å². The smallest absolute Gasteiger partial charge is 0.216 e. The first-order valence-electron chi connectivity index (χ1n) is 6.77. The number of rotatable bonds is 5. The largest absolute Gasteiger partial charge is 0.461 e. The molecule has 0 radical (unpaired) electrons. The average molecular weight is 402 g/mol. The predicted octanol–water partition coefficient (Wildman–Crippen LogP) is 1.55. The molecule has 0 bridgehead atoms. The molecule has 3 rings (SSSR count). The molecule has 1 fully saturated rings. The minimum absolute atomic E-state index is 0. The maximum Gasteiger partial charge on any atom is 0.216 e. The van der Waals surface area contributed by atoms with Crippen LogP contribution >= 0.6 is 24.0 Å². The number of H-pyrrole nitrogens is 1. The van der Waals surface area contributed by atoms with Gasteiger partial charge in [-0.15, -0.1) is 24.0 Å². The van der Waals surface area contributed by atoms with Crippen LogP contribution in [0, 0.1) is 0 Å². The summed E-state index contributed by atoms with van der Waals surface area (Å²) in [5, 5.41) is 13.6. The number of nitrogens with one attached hydrogen (secondary N) is 3. The molecule has 2 aromatic rings. The van der Waals surface area contributed by atoms with Crippen LogP contribution in [0.4, 0.5) is 0 Å². The highest BCUT2D eigenvalue weighted by Gasteiger charge is 2.21. The van der Waals surface area contributed by atoms with Gasteiger partial charge in [0.15, 0.2) is 11.7 Å². The van der Waals surface area contributed by atoms with Gasteiger partial charge in [-0.25, -0.2) is 4.98 Å². The first kappa shape index (κ1) is 15.8. The van der Waals surface area contributed by atoms with E-state index in [2.05, 4.69) is 30.8 Å². The van der Waals surface area contributed by atoms with Crippen molar-refractivity contribution in [2.45, 2.75) is 25.3 Å². The molecule has 114 valence electrons. The number of hydrogen-bond acceptors (Lipinski definition) is 4. The first-order chi connectivity index (χ1) is 9.85. The van der Waals surface area contributed by atoms with Crippen LogP contribution in [-0.2, 0) is 6.42 Å². The molecule has 8 heteroatoms. The quantitative estimate of drug-likeness (QED) is 0.401. The minimum atomic E-state index is 0. The molecular weight excluding hydrogens is 383 g/mol. The highest BCUT2D eigenvalue weighted by Crippen LogP contribution is 2.18. The summed E-state index contributed by atoms with van der Waals surface area (Å²) >= 11 is 0. The van der Waals surface area contributed by atoms with Crippen molar-refractivity contribution in [3.05, 3.63) is 24.2 Å². The van der Waals surface area contributed by atoms with E-state index in [0.717, 1.165) is 24.7 Å². The number of aromatic amines is 1. The normalized spacial score (nSPS) is 14.6. The second-order valence-corrected chi connectivity index (χ2v) is 4.75. The van der Waals surface area contributed by atoms with Crippen LogP contribution in [0.1, 0.15) is 18.7 Å². The van der Waals surface area contributed by atoms with Gasteiger partial charge in [0.25, 0.3) is 0 Å². The van der Waals surface area contributed by atoms with Gasteiger partial charge in [0.05, 0.1) is 6.26 Å². The van der Waals surface area contributed by atoms with E-state index in [9.17, 15) is 0 Å². The summed E-state index contributed by atoms with van der Waals surface area (Å²) in [5.74, 6) is 2.93. The zero-order valence-electron chi connectivity index (χ0n) is 11.8. The molecule has 0 spiro atoms.